The number of hydrogen-bond donors (Lipinski definition) is 1. The molecule has 3 heterocycles. The molecule has 3 rings (SSSR count). The first-order valence-corrected chi connectivity index (χ1v) is 5.47. The van der Waals surface area contributed by atoms with Gasteiger partial charge in [-0.15, -0.1) is 0 Å². The lowest BCUT2D eigenvalue weighted by Gasteiger charge is -2.00. The molecule has 0 atom stereocenters. The summed E-state index contributed by atoms with van der Waals surface area (Å²) in [7, 11) is 0. The summed E-state index contributed by atoms with van der Waals surface area (Å²) in [6.07, 6.45) is 5.24. The highest BCUT2D eigenvalue weighted by Crippen LogP contribution is 2.05. The fourth-order valence-corrected chi connectivity index (χ4v) is 1.78. The van der Waals surface area contributed by atoms with Crippen molar-refractivity contribution in [3.8, 4) is 0 Å². The van der Waals surface area contributed by atoms with Gasteiger partial charge in [-0.2, -0.15) is 5.10 Å². The van der Waals surface area contributed by atoms with Crippen LogP contribution in [0.15, 0.2) is 47.7 Å². The van der Waals surface area contributed by atoms with Crippen molar-refractivity contribution in [2.45, 2.75) is 6.54 Å². The molecule has 2 N–H and O–H groups in total. The van der Waals surface area contributed by atoms with Crippen LogP contribution in [0.2, 0.25) is 0 Å². The second-order valence-corrected chi connectivity index (χ2v) is 3.98. The Morgan fingerprint density at radius 2 is 2.22 bits per heavy atom. The van der Waals surface area contributed by atoms with Gasteiger partial charge in [0, 0.05) is 18.5 Å². The second-order valence-electron chi connectivity index (χ2n) is 3.98. The lowest BCUT2D eigenvalue weighted by atomic mass is 10.4. The molecule has 18 heavy (non-hydrogen) atoms. The molecule has 0 aliphatic rings. The van der Waals surface area contributed by atoms with Gasteiger partial charge in [0.05, 0.1) is 24.1 Å². The van der Waals surface area contributed by atoms with Gasteiger partial charge in [-0.1, -0.05) is 6.07 Å². The molecule has 0 saturated carbocycles. The Morgan fingerprint density at radius 3 is 3.00 bits per heavy atom. The number of aromatic nitrogens is 4. The van der Waals surface area contributed by atoms with E-state index in [1.54, 1.807) is 0 Å². The Hall–Kier alpha value is -2.63. The average Bonchev–Trinajstić information content (AvgIpc) is 2.75. The molecule has 6 heteroatoms. The number of anilines is 1. The van der Waals surface area contributed by atoms with Gasteiger partial charge in [0.1, 0.15) is 5.65 Å². The number of hydrogen-bond acceptors (Lipinski definition) is 4. The summed E-state index contributed by atoms with van der Waals surface area (Å²) < 4.78 is 3.23. The average molecular weight is 241 g/mol. The zero-order chi connectivity index (χ0) is 12.5. The van der Waals surface area contributed by atoms with Gasteiger partial charge in [0.25, 0.3) is 5.56 Å². The van der Waals surface area contributed by atoms with Crippen molar-refractivity contribution in [3.63, 3.8) is 0 Å². The Kier molecular flexibility index (Phi) is 2.33. The van der Waals surface area contributed by atoms with E-state index in [1.165, 1.54) is 16.9 Å². The number of pyridine rings is 1. The summed E-state index contributed by atoms with van der Waals surface area (Å²) in [5.74, 6) is 0. The Balaban J connectivity index is 1.98. The summed E-state index contributed by atoms with van der Waals surface area (Å²) >= 11 is 0. The second kappa shape index (κ2) is 3.99. The maximum atomic E-state index is 11.6. The van der Waals surface area contributed by atoms with Crippen molar-refractivity contribution >= 4 is 11.3 Å². The van der Waals surface area contributed by atoms with Crippen molar-refractivity contribution in [1.29, 1.82) is 0 Å². The van der Waals surface area contributed by atoms with Crippen LogP contribution in [0.3, 0.4) is 0 Å². The zero-order valence-electron chi connectivity index (χ0n) is 9.52. The lowest BCUT2D eigenvalue weighted by Crippen LogP contribution is -2.23. The van der Waals surface area contributed by atoms with Crippen LogP contribution in [0.5, 0.6) is 0 Å². The van der Waals surface area contributed by atoms with E-state index in [0.29, 0.717) is 12.2 Å². The molecule has 0 radical (unpaired) electrons. The first kappa shape index (κ1) is 10.5. The van der Waals surface area contributed by atoms with E-state index < -0.39 is 0 Å². The predicted molar refractivity (Wildman–Crippen MR) is 67.2 cm³/mol. The number of nitrogens with zero attached hydrogens (tertiary/aromatic N) is 4. The van der Waals surface area contributed by atoms with Crippen LogP contribution in [-0.2, 0) is 6.54 Å². The van der Waals surface area contributed by atoms with Crippen molar-refractivity contribution in [3.05, 3.63) is 58.9 Å². The van der Waals surface area contributed by atoms with Crippen LogP contribution in [-0.4, -0.2) is 19.2 Å². The Labute approximate surface area is 102 Å². The fourth-order valence-electron chi connectivity index (χ4n) is 1.78. The Bertz CT molecular complexity index is 725. The highest BCUT2D eigenvalue weighted by molar-refractivity contribution is 5.39. The monoisotopic (exact) mass is 241 g/mol. The van der Waals surface area contributed by atoms with E-state index >= 15 is 0 Å². The zero-order valence-corrected chi connectivity index (χ0v) is 9.52. The van der Waals surface area contributed by atoms with Gasteiger partial charge in [-0.05, 0) is 12.1 Å². The highest BCUT2D eigenvalue weighted by atomic mass is 16.1. The molecule has 0 fully saturated rings. The molecule has 0 amide bonds. The van der Waals surface area contributed by atoms with E-state index in [-0.39, 0.29) is 5.56 Å². The van der Waals surface area contributed by atoms with E-state index in [2.05, 4.69) is 10.1 Å². The lowest BCUT2D eigenvalue weighted by molar-refractivity contribution is 0.631. The third kappa shape index (κ3) is 1.84. The quantitative estimate of drug-likeness (QED) is 0.709. The maximum Gasteiger partial charge on any atom is 0.269 e. The normalized spacial score (nSPS) is 10.9. The molecule has 90 valence electrons. The number of fused-ring (bicyclic) bond motifs is 1. The molecule has 0 saturated heterocycles. The van der Waals surface area contributed by atoms with Crippen LogP contribution in [0.25, 0.3) is 5.65 Å². The van der Waals surface area contributed by atoms with E-state index in [0.717, 1.165) is 11.3 Å². The van der Waals surface area contributed by atoms with Crippen molar-refractivity contribution < 1.29 is 0 Å². The van der Waals surface area contributed by atoms with Crippen LogP contribution in [0, 0.1) is 0 Å². The first-order valence-electron chi connectivity index (χ1n) is 5.47. The van der Waals surface area contributed by atoms with E-state index in [4.69, 9.17) is 5.73 Å². The minimum absolute atomic E-state index is 0.230. The van der Waals surface area contributed by atoms with Crippen LogP contribution in [0.4, 0.5) is 5.69 Å². The van der Waals surface area contributed by atoms with E-state index in [9.17, 15) is 4.79 Å². The first-order chi connectivity index (χ1) is 8.72. The maximum absolute atomic E-state index is 11.6. The van der Waals surface area contributed by atoms with Crippen LogP contribution in [0.1, 0.15) is 5.69 Å². The van der Waals surface area contributed by atoms with Gasteiger partial charge >= 0.3 is 0 Å². The highest BCUT2D eigenvalue weighted by Gasteiger charge is 2.04. The van der Waals surface area contributed by atoms with Crippen molar-refractivity contribution in [2.75, 3.05) is 5.73 Å². The standard InChI is InChI=1S/C12H11N5O/c13-9-5-12(18)17(14-6-9)8-10-7-16-4-2-1-3-11(16)15-10/h1-7H,8,13H2. The summed E-state index contributed by atoms with van der Waals surface area (Å²) in [5.41, 5.74) is 7.25. The number of imidazole rings is 1. The molecule has 0 unspecified atom stereocenters. The predicted octanol–water partition coefficient (Wildman–Crippen LogP) is 0.521. The number of nitrogens with two attached hydrogens (primary N) is 1. The third-order valence-corrected chi connectivity index (χ3v) is 2.62. The molecular weight excluding hydrogens is 230 g/mol. The number of rotatable bonds is 2. The molecular formula is C12H11N5O. The van der Waals surface area contributed by atoms with E-state index in [1.807, 2.05) is 35.0 Å². The minimum atomic E-state index is -0.230. The molecule has 0 aliphatic heterocycles. The van der Waals surface area contributed by atoms with Gasteiger partial charge in [-0.25, -0.2) is 9.67 Å². The topological polar surface area (TPSA) is 78.2 Å². The molecule has 3 aromatic rings. The molecule has 0 aliphatic carbocycles. The summed E-state index contributed by atoms with van der Waals surface area (Å²) in [6, 6.07) is 7.09. The van der Waals surface area contributed by atoms with Gasteiger partial charge < -0.3 is 10.1 Å². The molecule has 0 bridgehead atoms. The largest absolute Gasteiger partial charge is 0.397 e. The van der Waals surface area contributed by atoms with Crippen molar-refractivity contribution in [1.82, 2.24) is 19.2 Å². The van der Waals surface area contributed by atoms with Crippen LogP contribution < -0.4 is 11.3 Å². The van der Waals surface area contributed by atoms with Gasteiger partial charge in [0.15, 0.2) is 0 Å². The summed E-state index contributed by atoms with van der Waals surface area (Å²) in [5, 5.41) is 3.97. The summed E-state index contributed by atoms with van der Waals surface area (Å²) in [6.45, 7) is 0.334. The van der Waals surface area contributed by atoms with Gasteiger partial charge in [-0.3, -0.25) is 4.79 Å². The third-order valence-electron chi connectivity index (χ3n) is 2.62. The minimum Gasteiger partial charge on any atom is -0.397 e. The molecule has 0 spiro atoms. The SMILES string of the molecule is Nc1cnn(Cc2cn3ccccc3n2)c(=O)c1. The molecule has 6 nitrogen and oxygen atoms in total. The molecule has 3 aromatic heterocycles. The Morgan fingerprint density at radius 1 is 1.33 bits per heavy atom. The van der Waals surface area contributed by atoms with Crippen molar-refractivity contribution in [2.24, 2.45) is 0 Å². The smallest absolute Gasteiger partial charge is 0.269 e. The summed E-state index contributed by atoms with van der Waals surface area (Å²) in [4.78, 5) is 16.0. The van der Waals surface area contributed by atoms with Crippen LogP contribution >= 0.6 is 0 Å². The fraction of sp³-hybridized carbons (Fsp3) is 0.0833. The van der Waals surface area contributed by atoms with Gasteiger partial charge in [0.2, 0.25) is 0 Å². The number of nitrogen functional groups attached to an aromatic ring is 1. The molecule has 0 aromatic carbocycles.